The van der Waals surface area contributed by atoms with Crippen molar-refractivity contribution >= 4 is 44.6 Å². The number of halogens is 1. The van der Waals surface area contributed by atoms with Crippen LogP contribution in [0.5, 0.6) is 0 Å². The van der Waals surface area contributed by atoms with Gasteiger partial charge in [0.2, 0.25) is 0 Å². The lowest BCUT2D eigenvalue weighted by atomic mass is 10.1. The standard InChI is InChI=1S/C16H14BrN3O2S/c17-12-3-1-11(2-4-12)16(9-10-16)19-15(23)18-13-5-7-14(8-6-13)20(21)22/h1-8H,9-10H2,(H2,18,19,23). The van der Waals surface area contributed by atoms with Gasteiger partial charge < -0.3 is 10.6 Å². The predicted molar refractivity (Wildman–Crippen MR) is 97.5 cm³/mol. The fraction of sp³-hybridized carbons (Fsp3) is 0.188. The number of nitrogens with one attached hydrogen (secondary N) is 2. The van der Waals surface area contributed by atoms with Crippen LogP contribution in [-0.4, -0.2) is 10.0 Å². The SMILES string of the molecule is O=[N+]([O-])c1ccc(NC(=S)NC2(c3ccc(Br)cc3)CC2)cc1. The van der Waals surface area contributed by atoms with Crippen molar-refractivity contribution in [1.29, 1.82) is 0 Å². The molecule has 118 valence electrons. The fourth-order valence-electron chi connectivity index (χ4n) is 2.43. The molecule has 23 heavy (non-hydrogen) atoms. The van der Waals surface area contributed by atoms with E-state index in [0.29, 0.717) is 5.11 Å². The van der Waals surface area contributed by atoms with E-state index in [1.165, 1.54) is 17.7 Å². The largest absolute Gasteiger partial charge is 0.353 e. The minimum Gasteiger partial charge on any atom is -0.353 e. The van der Waals surface area contributed by atoms with Gasteiger partial charge in [0.25, 0.3) is 5.69 Å². The Bertz CT molecular complexity index is 743. The number of hydrogen-bond donors (Lipinski definition) is 2. The van der Waals surface area contributed by atoms with E-state index in [1.54, 1.807) is 12.1 Å². The second-order valence-electron chi connectivity index (χ2n) is 5.47. The van der Waals surface area contributed by atoms with Crippen LogP contribution in [0.3, 0.4) is 0 Å². The minimum atomic E-state index is -0.424. The molecule has 0 aromatic heterocycles. The Balaban J connectivity index is 1.65. The zero-order valence-corrected chi connectivity index (χ0v) is 14.5. The molecule has 0 aliphatic heterocycles. The molecular formula is C16H14BrN3O2S. The molecule has 0 bridgehead atoms. The van der Waals surface area contributed by atoms with E-state index in [-0.39, 0.29) is 11.2 Å². The highest BCUT2D eigenvalue weighted by molar-refractivity contribution is 9.10. The summed E-state index contributed by atoms with van der Waals surface area (Å²) in [6.45, 7) is 0. The number of nitro benzene ring substituents is 1. The van der Waals surface area contributed by atoms with E-state index in [1.807, 2.05) is 12.1 Å². The lowest BCUT2D eigenvalue weighted by molar-refractivity contribution is -0.384. The summed E-state index contributed by atoms with van der Waals surface area (Å²) >= 11 is 8.81. The molecule has 2 aromatic rings. The van der Waals surface area contributed by atoms with E-state index in [4.69, 9.17) is 12.2 Å². The molecular weight excluding hydrogens is 378 g/mol. The first-order valence-electron chi connectivity index (χ1n) is 7.08. The molecule has 1 saturated carbocycles. The number of hydrogen-bond acceptors (Lipinski definition) is 3. The van der Waals surface area contributed by atoms with Crippen molar-refractivity contribution in [2.75, 3.05) is 5.32 Å². The van der Waals surface area contributed by atoms with Crippen LogP contribution in [0.4, 0.5) is 11.4 Å². The van der Waals surface area contributed by atoms with Crippen molar-refractivity contribution in [3.8, 4) is 0 Å². The molecule has 3 rings (SSSR count). The van der Waals surface area contributed by atoms with E-state index in [9.17, 15) is 10.1 Å². The smallest absolute Gasteiger partial charge is 0.269 e. The van der Waals surface area contributed by atoms with Gasteiger partial charge in [-0.1, -0.05) is 28.1 Å². The van der Waals surface area contributed by atoms with Crippen LogP contribution in [-0.2, 0) is 5.54 Å². The number of nitro groups is 1. The average Bonchev–Trinajstić information content (AvgIpc) is 3.29. The molecule has 1 aliphatic carbocycles. The van der Waals surface area contributed by atoms with Crippen molar-refractivity contribution in [3.63, 3.8) is 0 Å². The third kappa shape index (κ3) is 3.68. The zero-order valence-electron chi connectivity index (χ0n) is 12.1. The van der Waals surface area contributed by atoms with Crippen LogP contribution in [0.15, 0.2) is 53.0 Å². The van der Waals surface area contributed by atoms with Crippen LogP contribution in [0, 0.1) is 10.1 Å². The molecule has 7 heteroatoms. The van der Waals surface area contributed by atoms with Crippen molar-refractivity contribution in [1.82, 2.24) is 5.32 Å². The first-order chi connectivity index (χ1) is 11.0. The van der Waals surface area contributed by atoms with Gasteiger partial charge in [0.05, 0.1) is 10.5 Å². The fourth-order valence-corrected chi connectivity index (χ4v) is 3.00. The summed E-state index contributed by atoms with van der Waals surface area (Å²) in [7, 11) is 0. The maximum atomic E-state index is 10.7. The Morgan fingerprint density at radius 3 is 2.26 bits per heavy atom. The quantitative estimate of drug-likeness (QED) is 0.461. The summed E-state index contributed by atoms with van der Waals surface area (Å²) in [5.74, 6) is 0. The van der Waals surface area contributed by atoms with Gasteiger partial charge in [-0.25, -0.2) is 0 Å². The normalized spacial score (nSPS) is 14.8. The van der Waals surface area contributed by atoms with Crippen LogP contribution in [0.1, 0.15) is 18.4 Å². The van der Waals surface area contributed by atoms with E-state index >= 15 is 0 Å². The number of nitrogens with zero attached hydrogens (tertiary/aromatic N) is 1. The summed E-state index contributed by atoms with van der Waals surface area (Å²) in [5, 5.41) is 17.6. The average molecular weight is 392 g/mol. The van der Waals surface area contributed by atoms with Gasteiger partial charge in [0.1, 0.15) is 0 Å². The van der Waals surface area contributed by atoms with Gasteiger partial charge in [-0.05, 0) is 54.9 Å². The maximum Gasteiger partial charge on any atom is 0.269 e. The highest BCUT2D eigenvalue weighted by atomic mass is 79.9. The monoisotopic (exact) mass is 391 g/mol. The molecule has 0 heterocycles. The first kappa shape index (κ1) is 15.9. The Morgan fingerprint density at radius 2 is 1.74 bits per heavy atom. The Morgan fingerprint density at radius 1 is 1.13 bits per heavy atom. The topological polar surface area (TPSA) is 67.2 Å². The summed E-state index contributed by atoms with van der Waals surface area (Å²) in [5.41, 5.74) is 1.88. The Labute approximate surface area is 147 Å². The van der Waals surface area contributed by atoms with Crippen molar-refractivity contribution in [2.45, 2.75) is 18.4 Å². The molecule has 2 aromatic carbocycles. The van der Waals surface area contributed by atoms with Crippen molar-refractivity contribution in [2.24, 2.45) is 0 Å². The molecule has 0 spiro atoms. The summed E-state index contributed by atoms with van der Waals surface area (Å²) in [6.07, 6.45) is 2.05. The van der Waals surface area contributed by atoms with Gasteiger partial charge in [0, 0.05) is 22.3 Å². The first-order valence-corrected chi connectivity index (χ1v) is 8.28. The number of anilines is 1. The summed E-state index contributed by atoms with van der Waals surface area (Å²) in [4.78, 5) is 10.2. The Kier molecular flexibility index (Phi) is 4.32. The van der Waals surface area contributed by atoms with Crippen LogP contribution >= 0.6 is 28.1 Å². The minimum absolute atomic E-state index is 0.0583. The molecule has 1 aliphatic rings. The molecule has 5 nitrogen and oxygen atoms in total. The second-order valence-corrected chi connectivity index (χ2v) is 6.80. The van der Waals surface area contributed by atoms with Gasteiger partial charge in [0.15, 0.2) is 5.11 Å². The summed E-state index contributed by atoms with van der Waals surface area (Å²) in [6, 6.07) is 14.4. The number of benzene rings is 2. The number of non-ortho nitro benzene ring substituents is 1. The molecule has 0 unspecified atom stereocenters. The highest BCUT2D eigenvalue weighted by Gasteiger charge is 2.44. The third-order valence-corrected chi connectivity index (χ3v) is 4.57. The maximum absolute atomic E-state index is 10.7. The zero-order chi connectivity index (χ0) is 16.4. The van der Waals surface area contributed by atoms with Gasteiger partial charge in [-0.3, -0.25) is 10.1 Å². The van der Waals surface area contributed by atoms with E-state index < -0.39 is 4.92 Å². The molecule has 0 radical (unpaired) electrons. The third-order valence-electron chi connectivity index (χ3n) is 3.84. The second kappa shape index (κ2) is 6.25. The molecule has 0 amide bonds. The molecule has 1 fully saturated rings. The summed E-state index contributed by atoms with van der Waals surface area (Å²) < 4.78 is 1.05. The van der Waals surface area contributed by atoms with Crippen molar-refractivity contribution in [3.05, 3.63) is 68.7 Å². The van der Waals surface area contributed by atoms with Crippen LogP contribution < -0.4 is 10.6 Å². The van der Waals surface area contributed by atoms with Crippen molar-refractivity contribution < 1.29 is 4.92 Å². The van der Waals surface area contributed by atoms with Crippen LogP contribution in [0.2, 0.25) is 0 Å². The molecule has 0 saturated heterocycles. The van der Waals surface area contributed by atoms with E-state index in [0.717, 1.165) is 23.0 Å². The van der Waals surface area contributed by atoms with Gasteiger partial charge in [-0.2, -0.15) is 0 Å². The highest BCUT2D eigenvalue weighted by Crippen LogP contribution is 2.45. The number of thiocarbonyl (C=S) groups is 1. The Hall–Kier alpha value is -1.99. The predicted octanol–water partition coefficient (Wildman–Crippen LogP) is 4.33. The lowest BCUT2D eigenvalue weighted by Crippen LogP contribution is -2.37. The van der Waals surface area contributed by atoms with Gasteiger partial charge >= 0.3 is 0 Å². The molecule has 0 atom stereocenters. The lowest BCUT2D eigenvalue weighted by Gasteiger charge is -2.20. The number of rotatable bonds is 4. The molecule has 2 N–H and O–H groups in total. The van der Waals surface area contributed by atoms with Gasteiger partial charge in [-0.15, -0.1) is 0 Å². The van der Waals surface area contributed by atoms with Crippen LogP contribution in [0.25, 0.3) is 0 Å². The van der Waals surface area contributed by atoms with E-state index in [2.05, 4.69) is 38.7 Å².